The SMILES string of the molecule is CC(C)C1CCOC1C(C)C.CC(C)[C@@H]1CCC[C@H]1C(C)C.CC(C)[C@@H]1CCC[C@H]1C(C)C.CC(C)[C@@H]1COC[C@H]1C(C)C.CC(C)[C@H]1CCC[C@H]1C(C)C.CC(C)[C@H]1CCC[C@H]1C(C)C.CC(C)[C@H]1CCO[C@H]1C(C)C.CC(C)[C@H]1COC[C@H]1C(C)C.CC(C)[C@H]1COC[C@H]1C(C)C.CC(C)[C@H]1OCC[C@H]1C(C)C. The van der Waals surface area contributed by atoms with Crippen molar-refractivity contribution in [3.8, 4) is 0 Å². The van der Waals surface area contributed by atoms with Gasteiger partial charge in [0.05, 0.1) is 18.3 Å². The molecule has 0 radical (unpaired) electrons. The van der Waals surface area contributed by atoms with Crippen molar-refractivity contribution < 1.29 is 28.4 Å². The van der Waals surface area contributed by atoms with E-state index in [4.69, 9.17) is 28.4 Å². The van der Waals surface area contributed by atoms with Crippen LogP contribution in [0.1, 0.15) is 373 Å². The van der Waals surface area contributed by atoms with Crippen LogP contribution in [-0.2, 0) is 28.4 Å². The van der Waals surface area contributed by atoms with Crippen molar-refractivity contribution in [2.24, 2.45) is 219 Å². The fourth-order valence-corrected chi connectivity index (χ4v) is 22.7. The van der Waals surface area contributed by atoms with Crippen molar-refractivity contribution in [2.75, 3.05) is 59.5 Å². The largest absolute Gasteiger partial charge is 0.381 e. The third-order valence-electron chi connectivity index (χ3n) is 30.1. The van der Waals surface area contributed by atoms with Gasteiger partial charge < -0.3 is 28.4 Å². The highest BCUT2D eigenvalue weighted by molar-refractivity contribution is 4.88. The van der Waals surface area contributed by atoms with Crippen LogP contribution in [0.15, 0.2) is 0 Å². The standard InChI is InChI=1S/4C11H22.6C10H20O/c4*1-8(2)10-6-5-7-11(10)9(3)4;3*1-7(2)9-5-11-6-10(9)8(3)4;3*1-7(2)9-5-6-11-10(9)8(3)4/h4*8-11H,5-7H2,1-4H3;6*7-10H,5-6H2,1-4H3/t2*10-,11+;2*10-,11-;2*9-,10+;9-,10-;2*9-,10+;/m..00..010./s1. The predicted octanol–water partition coefficient (Wildman–Crippen LogP) is 30.7. The van der Waals surface area contributed by atoms with E-state index in [0.717, 1.165) is 261 Å². The van der Waals surface area contributed by atoms with E-state index in [9.17, 15) is 0 Å². The van der Waals surface area contributed by atoms with Crippen molar-refractivity contribution in [1.82, 2.24) is 0 Å². The molecule has 660 valence electrons. The first-order chi connectivity index (χ1) is 51.3. The van der Waals surface area contributed by atoms with Gasteiger partial charge in [-0.2, -0.15) is 0 Å². The van der Waals surface area contributed by atoms with E-state index in [-0.39, 0.29) is 0 Å². The fraction of sp³-hybridized carbons (Fsp3) is 1.00. The zero-order valence-electron chi connectivity index (χ0n) is 82.5. The summed E-state index contributed by atoms with van der Waals surface area (Å²) in [4.78, 5) is 0. The topological polar surface area (TPSA) is 55.4 Å². The molecule has 6 nitrogen and oxygen atoms in total. The third-order valence-corrected chi connectivity index (χ3v) is 30.1. The Morgan fingerprint density at radius 3 is 0.345 bits per heavy atom. The Balaban J connectivity index is 0.000000611. The minimum absolute atomic E-state index is 0.523. The van der Waals surface area contributed by atoms with Crippen LogP contribution < -0.4 is 0 Å². The Bertz CT molecular complexity index is 1520. The molecule has 6 heterocycles. The molecule has 110 heavy (non-hydrogen) atoms. The smallest absolute Gasteiger partial charge is 0.0629 e. The van der Waals surface area contributed by atoms with E-state index < -0.39 is 0 Å². The molecule has 6 aliphatic heterocycles. The normalized spacial score (nSPS) is 32.2. The molecule has 0 aromatic heterocycles. The third kappa shape index (κ3) is 38.0. The summed E-state index contributed by atoms with van der Waals surface area (Å²) in [6.07, 6.45) is 23.2. The Hall–Kier alpha value is -0.240. The first-order valence-electron chi connectivity index (χ1n) is 48.8. The first kappa shape index (κ1) is 108. The summed E-state index contributed by atoms with van der Waals surface area (Å²) in [5.74, 6) is 31.7. The number of hydrogen-bond donors (Lipinski definition) is 0. The van der Waals surface area contributed by atoms with E-state index in [2.05, 4.69) is 277 Å². The Morgan fingerprint density at radius 2 is 0.255 bits per heavy atom. The second kappa shape index (κ2) is 56.3. The van der Waals surface area contributed by atoms with Gasteiger partial charge in [0, 0.05) is 59.5 Å². The molecule has 0 aromatic rings. The highest BCUT2D eigenvalue weighted by Gasteiger charge is 2.40. The molecule has 6 heteroatoms. The van der Waals surface area contributed by atoms with Gasteiger partial charge in [0.25, 0.3) is 0 Å². The van der Waals surface area contributed by atoms with Gasteiger partial charge >= 0.3 is 0 Å². The molecular weight excluding hydrogens is 1350 g/mol. The van der Waals surface area contributed by atoms with Gasteiger partial charge in [-0.15, -0.1) is 0 Å². The van der Waals surface area contributed by atoms with Crippen molar-refractivity contribution in [2.45, 2.75) is 392 Å². The van der Waals surface area contributed by atoms with Crippen molar-refractivity contribution in [1.29, 1.82) is 0 Å². The van der Waals surface area contributed by atoms with Gasteiger partial charge in [0.1, 0.15) is 0 Å². The maximum atomic E-state index is 5.69. The zero-order valence-corrected chi connectivity index (χ0v) is 82.5. The van der Waals surface area contributed by atoms with Crippen LogP contribution in [0.2, 0.25) is 0 Å². The average molecular weight is 1550 g/mol. The average Bonchev–Trinajstić information content (AvgIpc) is 1.90. The maximum Gasteiger partial charge on any atom is 0.0629 e. The van der Waals surface area contributed by atoms with Gasteiger partial charge in [-0.1, -0.05) is 303 Å². The molecule has 0 bridgehead atoms. The summed E-state index contributed by atoms with van der Waals surface area (Å²) in [5, 5.41) is 0. The molecule has 0 aromatic carbocycles. The molecule has 4 saturated carbocycles. The second-order valence-corrected chi connectivity index (χ2v) is 44.9. The molecule has 4 aliphatic carbocycles. The van der Waals surface area contributed by atoms with E-state index in [1.54, 1.807) is 0 Å². The van der Waals surface area contributed by atoms with E-state index in [1.807, 2.05) is 0 Å². The van der Waals surface area contributed by atoms with Gasteiger partial charge in [-0.25, -0.2) is 0 Å². The monoisotopic (exact) mass is 1550 g/mol. The summed E-state index contributed by atoms with van der Waals surface area (Å²) < 4.78 is 33.5. The molecule has 20 atom stereocenters. The van der Waals surface area contributed by atoms with E-state index in [1.165, 1.54) is 96.3 Å². The second-order valence-electron chi connectivity index (χ2n) is 44.9. The number of hydrogen-bond acceptors (Lipinski definition) is 6. The van der Waals surface area contributed by atoms with Gasteiger partial charge in [-0.05, 0) is 290 Å². The predicted molar refractivity (Wildman–Crippen MR) is 487 cm³/mol. The van der Waals surface area contributed by atoms with Crippen LogP contribution >= 0.6 is 0 Å². The van der Waals surface area contributed by atoms with Gasteiger partial charge in [0.2, 0.25) is 0 Å². The van der Waals surface area contributed by atoms with E-state index >= 15 is 0 Å². The summed E-state index contributed by atoms with van der Waals surface area (Å²) in [6, 6.07) is 0. The molecule has 10 aliphatic rings. The summed E-state index contributed by atoms with van der Waals surface area (Å²) in [7, 11) is 0. The minimum atomic E-state index is 0.523. The van der Waals surface area contributed by atoms with Crippen LogP contribution in [0.5, 0.6) is 0 Å². The molecule has 6 saturated heterocycles. The van der Waals surface area contributed by atoms with Crippen molar-refractivity contribution >= 4 is 0 Å². The molecule has 10 rings (SSSR count). The number of rotatable bonds is 20. The molecule has 0 N–H and O–H groups in total. The van der Waals surface area contributed by atoms with Gasteiger partial charge in [0.15, 0.2) is 0 Å². The van der Waals surface area contributed by atoms with Crippen molar-refractivity contribution in [3.05, 3.63) is 0 Å². The molecule has 0 amide bonds. The summed E-state index contributed by atoms with van der Waals surface area (Å²) >= 11 is 0. The highest BCUT2D eigenvalue weighted by Crippen LogP contribution is 2.45. The van der Waals surface area contributed by atoms with Crippen LogP contribution in [0.25, 0.3) is 0 Å². The lowest BCUT2D eigenvalue weighted by molar-refractivity contribution is 0.0434. The fourth-order valence-electron chi connectivity index (χ4n) is 22.7. The van der Waals surface area contributed by atoms with Crippen molar-refractivity contribution in [3.63, 3.8) is 0 Å². The molecule has 2 unspecified atom stereocenters. The zero-order chi connectivity index (χ0) is 84.3. The van der Waals surface area contributed by atoms with E-state index in [0.29, 0.717) is 36.1 Å². The summed E-state index contributed by atoms with van der Waals surface area (Å²) in [6.45, 7) is 102. The minimum Gasteiger partial charge on any atom is -0.381 e. The van der Waals surface area contributed by atoms with Crippen LogP contribution in [0.4, 0.5) is 0 Å². The Morgan fingerprint density at radius 1 is 0.136 bits per heavy atom. The quantitative estimate of drug-likeness (QED) is 0.121. The lowest BCUT2D eigenvalue weighted by Crippen LogP contribution is -2.25. The highest BCUT2D eigenvalue weighted by atomic mass is 16.5. The molecule has 10 fully saturated rings. The molecular formula is C104H208O6. The van der Waals surface area contributed by atoms with Crippen LogP contribution in [-0.4, -0.2) is 77.8 Å². The lowest BCUT2D eigenvalue weighted by Gasteiger charge is -2.26. The summed E-state index contributed by atoms with van der Waals surface area (Å²) in [5.41, 5.74) is 0. The maximum absolute atomic E-state index is 5.69. The van der Waals surface area contributed by atoms with Crippen LogP contribution in [0, 0.1) is 219 Å². The van der Waals surface area contributed by atoms with Crippen LogP contribution in [0.3, 0.4) is 0 Å². The van der Waals surface area contributed by atoms with Gasteiger partial charge in [-0.3, -0.25) is 0 Å². The lowest BCUT2D eigenvalue weighted by atomic mass is 9.80. The number of ether oxygens (including phenoxy) is 6. The molecule has 0 spiro atoms. The first-order valence-corrected chi connectivity index (χ1v) is 48.8. The Labute approximate surface area is 694 Å². The Kier molecular flexibility index (Phi) is 55.2.